The molecule has 8 heavy (non-hydrogen) atoms. The Balaban J connectivity index is 2.28. The Hall–Kier alpha value is -0.0800. The van der Waals surface area contributed by atoms with E-state index in [9.17, 15) is 0 Å². The molecule has 2 atom stereocenters. The number of rotatable bonds is 0. The third-order valence-electron chi connectivity index (χ3n) is 1.87. The fourth-order valence-corrected chi connectivity index (χ4v) is 0.911. The molecule has 0 amide bonds. The largest absolute Gasteiger partial charge is 0.304 e. The van der Waals surface area contributed by atoms with Crippen LogP contribution in [0.25, 0.3) is 0 Å². The van der Waals surface area contributed by atoms with Crippen molar-refractivity contribution in [3.63, 3.8) is 0 Å². The molecule has 2 heteroatoms. The summed E-state index contributed by atoms with van der Waals surface area (Å²) in [4.78, 5) is 0. The Kier molecular flexibility index (Phi) is 1.86. The Morgan fingerprint density at radius 2 is 2.12 bits per heavy atom. The zero-order valence-corrected chi connectivity index (χ0v) is 5.57. The first-order valence-corrected chi connectivity index (χ1v) is 3.25. The van der Waals surface area contributed by atoms with Crippen LogP contribution in [0.15, 0.2) is 0 Å². The predicted octanol–water partition coefficient (Wildman–Crippen LogP) is 0.161. The molecular formula is C6H14N2. The average Bonchev–Trinajstić information content (AvgIpc) is 1.77. The van der Waals surface area contributed by atoms with Gasteiger partial charge in [0.2, 0.25) is 0 Å². The van der Waals surface area contributed by atoms with E-state index < -0.39 is 0 Å². The second-order valence-electron chi connectivity index (χ2n) is 2.60. The molecule has 1 fully saturated rings. The molecule has 2 nitrogen and oxygen atoms in total. The van der Waals surface area contributed by atoms with E-state index in [0.29, 0.717) is 6.04 Å². The smallest absolute Gasteiger partial charge is 0.0456 e. The summed E-state index contributed by atoms with van der Waals surface area (Å²) in [6.45, 7) is 6.62. The minimum Gasteiger partial charge on any atom is -0.304 e. The van der Waals surface area contributed by atoms with Crippen LogP contribution in [-0.2, 0) is 0 Å². The van der Waals surface area contributed by atoms with Crippen molar-refractivity contribution in [2.75, 3.05) is 13.2 Å². The molecule has 0 bridgehead atoms. The lowest BCUT2D eigenvalue weighted by Gasteiger charge is -2.27. The fraction of sp³-hybridized carbons (Fsp3) is 1.00. The summed E-state index contributed by atoms with van der Waals surface area (Å²) < 4.78 is 0. The summed E-state index contributed by atoms with van der Waals surface area (Å²) in [5, 5.41) is 6.57. The number of nitrogens with one attached hydrogen (secondary N) is 2. The molecule has 1 unspecified atom stereocenters. The molecule has 0 saturated carbocycles. The van der Waals surface area contributed by atoms with Gasteiger partial charge in [-0.25, -0.2) is 0 Å². The highest BCUT2D eigenvalue weighted by Crippen LogP contribution is 2.02. The van der Waals surface area contributed by atoms with Crippen molar-refractivity contribution < 1.29 is 0 Å². The summed E-state index contributed by atoms with van der Waals surface area (Å²) >= 11 is 0. The van der Waals surface area contributed by atoms with Gasteiger partial charge in [-0.15, -0.1) is 0 Å². The van der Waals surface area contributed by atoms with Crippen LogP contribution in [-0.4, -0.2) is 19.3 Å². The van der Waals surface area contributed by atoms with Crippen molar-refractivity contribution in [1.82, 2.24) is 10.6 Å². The first-order valence-electron chi connectivity index (χ1n) is 3.25. The third kappa shape index (κ3) is 1.20. The van der Waals surface area contributed by atoms with E-state index in [0.717, 1.165) is 19.1 Å². The molecule has 0 spiro atoms. The van der Waals surface area contributed by atoms with Gasteiger partial charge in [-0.2, -0.15) is 0 Å². The van der Waals surface area contributed by atoms with Crippen molar-refractivity contribution in [3.8, 4) is 0 Å². The lowest BCUT2D eigenvalue weighted by Crippen LogP contribution is -2.48. The van der Waals surface area contributed by atoms with Gasteiger partial charge in [-0.1, -0.05) is 6.92 Å². The van der Waals surface area contributed by atoms with Crippen molar-refractivity contribution in [1.29, 1.82) is 0 Å². The highest BCUT2D eigenvalue weighted by Gasteiger charge is 2.14. The highest BCUT2D eigenvalue weighted by molar-refractivity contribution is 4.73. The van der Waals surface area contributed by atoms with Gasteiger partial charge in [0.25, 0.3) is 0 Å². The van der Waals surface area contributed by atoms with Crippen LogP contribution in [0.5, 0.6) is 0 Å². The van der Waals surface area contributed by atoms with Crippen molar-refractivity contribution in [3.05, 3.63) is 0 Å². The quantitative estimate of drug-likeness (QED) is 0.469. The van der Waals surface area contributed by atoms with Crippen molar-refractivity contribution in [2.24, 2.45) is 5.92 Å². The molecule has 1 heterocycles. The first kappa shape index (κ1) is 6.05. The van der Waals surface area contributed by atoms with E-state index in [1.165, 1.54) is 0 Å². The lowest BCUT2D eigenvalue weighted by molar-refractivity contribution is 0.315. The van der Waals surface area contributed by atoms with Crippen LogP contribution in [0, 0.1) is 5.92 Å². The summed E-state index contributed by atoms with van der Waals surface area (Å²) in [7, 11) is 0. The maximum atomic E-state index is 3.32. The SMILES string of the molecule is CC1CNCN[C@H]1C. The summed E-state index contributed by atoms with van der Waals surface area (Å²) in [5.74, 6) is 0.781. The van der Waals surface area contributed by atoms with E-state index in [1.54, 1.807) is 0 Å². The Bertz CT molecular complexity index is 62.9. The molecule has 0 aromatic carbocycles. The van der Waals surface area contributed by atoms with Crippen LogP contribution in [0.3, 0.4) is 0 Å². The zero-order valence-electron chi connectivity index (χ0n) is 5.57. The summed E-state index contributed by atoms with van der Waals surface area (Å²) in [5.41, 5.74) is 0. The molecule has 1 rings (SSSR count). The van der Waals surface area contributed by atoms with Gasteiger partial charge < -0.3 is 10.6 Å². The molecule has 1 aliphatic rings. The highest BCUT2D eigenvalue weighted by atomic mass is 15.1. The van der Waals surface area contributed by atoms with E-state index in [1.807, 2.05) is 0 Å². The van der Waals surface area contributed by atoms with Gasteiger partial charge in [0.1, 0.15) is 0 Å². The van der Waals surface area contributed by atoms with E-state index >= 15 is 0 Å². The van der Waals surface area contributed by atoms with Gasteiger partial charge in [0.05, 0.1) is 0 Å². The molecule has 48 valence electrons. The topological polar surface area (TPSA) is 24.1 Å². The maximum absolute atomic E-state index is 3.32. The molecular weight excluding hydrogens is 100 g/mol. The number of hydrogen-bond acceptors (Lipinski definition) is 2. The average molecular weight is 114 g/mol. The predicted molar refractivity (Wildman–Crippen MR) is 34.6 cm³/mol. The van der Waals surface area contributed by atoms with E-state index in [4.69, 9.17) is 0 Å². The standard InChI is InChI=1S/C6H14N2/c1-5-3-7-4-8-6(5)2/h5-8H,3-4H2,1-2H3/t5?,6-/m0/s1. The third-order valence-corrected chi connectivity index (χ3v) is 1.87. The van der Waals surface area contributed by atoms with Crippen LogP contribution in [0.1, 0.15) is 13.8 Å². The molecule has 0 aliphatic carbocycles. The van der Waals surface area contributed by atoms with Gasteiger partial charge >= 0.3 is 0 Å². The first-order chi connectivity index (χ1) is 3.80. The molecule has 1 aliphatic heterocycles. The van der Waals surface area contributed by atoms with Gasteiger partial charge in [-0.05, 0) is 12.8 Å². The van der Waals surface area contributed by atoms with Crippen LogP contribution in [0.2, 0.25) is 0 Å². The van der Waals surface area contributed by atoms with Gasteiger partial charge in [0.15, 0.2) is 0 Å². The summed E-state index contributed by atoms with van der Waals surface area (Å²) in [6.07, 6.45) is 0. The fourth-order valence-electron chi connectivity index (χ4n) is 0.911. The van der Waals surface area contributed by atoms with Crippen LogP contribution >= 0.6 is 0 Å². The second-order valence-corrected chi connectivity index (χ2v) is 2.60. The zero-order chi connectivity index (χ0) is 5.98. The van der Waals surface area contributed by atoms with Crippen molar-refractivity contribution in [2.45, 2.75) is 19.9 Å². The minimum atomic E-state index is 0.691. The van der Waals surface area contributed by atoms with Crippen LogP contribution < -0.4 is 10.6 Å². The van der Waals surface area contributed by atoms with E-state index in [-0.39, 0.29) is 0 Å². The van der Waals surface area contributed by atoms with Crippen molar-refractivity contribution >= 4 is 0 Å². The normalized spacial score (nSPS) is 39.8. The molecule has 1 saturated heterocycles. The van der Waals surface area contributed by atoms with Crippen LogP contribution in [0.4, 0.5) is 0 Å². The molecule has 0 aromatic rings. The summed E-state index contributed by atoms with van der Waals surface area (Å²) in [6, 6.07) is 0.691. The Morgan fingerprint density at radius 3 is 2.50 bits per heavy atom. The van der Waals surface area contributed by atoms with Gasteiger partial charge in [0, 0.05) is 19.3 Å². The monoisotopic (exact) mass is 114 g/mol. The molecule has 0 aromatic heterocycles. The second kappa shape index (κ2) is 2.46. The minimum absolute atomic E-state index is 0.691. The maximum Gasteiger partial charge on any atom is 0.0456 e. The molecule has 2 N–H and O–H groups in total. The Morgan fingerprint density at radius 1 is 1.38 bits per heavy atom. The molecule has 0 radical (unpaired) electrons. The van der Waals surface area contributed by atoms with Gasteiger partial charge in [-0.3, -0.25) is 0 Å². The van der Waals surface area contributed by atoms with E-state index in [2.05, 4.69) is 24.5 Å². The Labute approximate surface area is 50.7 Å². The number of hydrogen-bond donors (Lipinski definition) is 2. The lowest BCUT2D eigenvalue weighted by atomic mass is 10.0.